The van der Waals surface area contributed by atoms with Crippen molar-refractivity contribution < 1.29 is 9.47 Å². The average Bonchev–Trinajstić information content (AvgIpc) is 3.20. The van der Waals surface area contributed by atoms with Crippen LogP contribution in [0.5, 0.6) is 11.5 Å². The van der Waals surface area contributed by atoms with Gasteiger partial charge in [-0.2, -0.15) is 5.26 Å². The van der Waals surface area contributed by atoms with Crippen molar-refractivity contribution in [2.45, 2.75) is 13.8 Å². The molecule has 0 aliphatic heterocycles. The highest BCUT2D eigenvalue weighted by Crippen LogP contribution is 2.38. The quantitative estimate of drug-likeness (QED) is 0.385. The molecule has 0 fully saturated rings. The van der Waals surface area contributed by atoms with Crippen LogP contribution in [-0.2, 0) is 0 Å². The number of benzene rings is 2. The Bertz CT molecular complexity index is 1020. The van der Waals surface area contributed by atoms with Gasteiger partial charge in [-0.1, -0.05) is 30.3 Å². The smallest absolute Gasteiger partial charge is 0.175 e. The van der Waals surface area contributed by atoms with Crippen LogP contribution in [0.15, 0.2) is 52.3 Å². The lowest BCUT2D eigenvalue weighted by molar-refractivity contribution is 0.286. The molecule has 0 N–H and O–H groups in total. The first-order valence-electron chi connectivity index (χ1n) is 8.88. The molecule has 0 aliphatic carbocycles. The number of nitrogens with zero attached hydrogens (tertiary/aromatic N) is 2. The van der Waals surface area contributed by atoms with Crippen molar-refractivity contribution >= 4 is 38.9 Å². The average molecular weight is 455 g/mol. The number of rotatable bonds is 7. The fourth-order valence-electron chi connectivity index (χ4n) is 2.67. The molecule has 2 aromatic carbocycles. The van der Waals surface area contributed by atoms with Gasteiger partial charge in [0.15, 0.2) is 11.5 Å². The Morgan fingerprint density at radius 2 is 1.93 bits per heavy atom. The van der Waals surface area contributed by atoms with Crippen molar-refractivity contribution in [2.24, 2.45) is 0 Å². The van der Waals surface area contributed by atoms with Gasteiger partial charge in [0.05, 0.1) is 29.0 Å². The van der Waals surface area contributed by atoms with Crippen molar-refractivity contribution in [1.29, 1.82) is 5.26 Å². The maximum absolute atomic E-state index is 9.68. The van der Waals surface area contributed by atoms with E-state index in [1.807, 2.05) is 67.8 Å². The molecule has 0 amide bonds. The molecule has 0 atom stereocenters. The van der Waals surface area contributed by atoms with Crippen molar-refractivity contribution in [1.82, 2.24) is 4.98 Å². The van der Waals surface area contributed by atoms with Gasteiger partial charge in [-0.05, 0) is 53.5 Å². The molecule has 0 spiro atoms. The molecule has 0 saturated carbocycles. The lowest BCUT2D eigenvalue weighted by atomic mass is 10.1. The van der Waals surface area contributed by atoms with Gasteiger partial charge in [0, 0.05) is 10.9 Å². The summed E-state index contributed by atoms with van der Waals surface area (Å²) in [6, 6.07) is 16.0. The number of halogens is 1. The van der Waals surface area contributed by atoms with E-state index in [0.717, 1.165) is 21.3 Å². The maximum Gasteiger partial charge on any atom is 0.175 e. The molecule has 142 valence electrons. The van der Waals surface area contributed by atoms with Crippen molar-refractivity contribution in [2.75, 3.05) is 13.2 Å². The first-order chi connectivity index (χ1) is 13.7. The predicted octanol–water partition coefficient (Wildman–Crippen LogP) is 6.43. The van der Waals surface area contributed by atoms with Gasteiger partial charge in [-0.25, -0.2) is 4.98 Å². The summed E-state index contributed by atoms with van der Waals surface area (Å²) in [4.78, 5) is 4.64. The molecule has 1 heterocycles. The van der Waals surface area contributed by atoms with Crippen LogP contribution in [0.1, 0.15) is 24.4 Å². The van der Waals surface area contributed by atoms with Crippen LogP contribution in [0.2, 0.25) is 0 Å². The summed E-state index contributed by atoms with van der Waals surface area (Å²) in [5.41, 5.74) is 3.24. The highest BCUT2D eigenvalue weighted by Gasteiger charge is 2.13. The van der Waals surface area contributed by atoms with Crippen LogP contribution in [0.4, 0.5) is 0 Å². The van der Waals surface area contributed by atoms with Gasteiger partial charge >= 0.3 is 0 Å². The third kappa shape index (κ3) is 4.61. The second-order valence-electron chi connectivity index (χ2n) is 5.77. The molecule has 0 aliphatic rings. The molecular weight excluding hydrogens is 436 g/mol. The zero-order valence-electron chi connectivity index (χ0n) is 15.6. The molecule has 1 aromatic heterocycles. The van der Waals surface area contributed by atoms with E-state index >= 15 is 0 Å². The number of hydrogen-bond donors (Lipinski definition) is 0. The Balaban J connectivity index is 1.97. The fraction of sp³-hybridized carbons (Fsp3) is 0.182. The first kappa shape index (κ1) is 20.1. The largest absolute Gasteiger partial charge is 0.490 e. The normalized spacial score (nSPS) is 11.1. The Morgan fingerprint density at radius 3 is 2.61 bits per heavy atom. The summed E-state index contributed by atoms with van der Waals surface area (Å²) in [5, 5.41) is 12.3. The summed E-state index contributed by atoms with van der Waals surface area (Å²) in [6.45, 7) is 4.92. The molecule has 4 nitrogen and oxygen atoms in total. The number of ether oxygens (including phenoxy) is 2. The van der Waals surface area contributed by atoms with Gasteiger partial charge in [-0.15, -0.1) is 11.3 Å². The van der Waals surface area contributed by atoms with Gasteiger partial charge in [-0.3, -0.25) is 0 Å². The van der Waals surface area contributed by atoms with E-state index in [1.54, 1.807) is 0 Å². The van der Waals surface area contributed by atoms with E-state index in [1.165, 1.54) is 11.3 Å². The van der Waals surface area contributed by atoms with Crippen molar-refractivity contribution in [3.8, 4) is 28.8 Å². The van der Waals surface area contributed by atoms with Gasteiger partial charge in [0.2, 0.25) is 0 Å². The number of thiazole rings is 1. The van der Waals surface area contributed by atoms with Gasteiger partial charge in [0.25, 0.3) is 0 Å². The standard InChI is InChI=1S/C22H19BrN2O2S/c1-3-26-20-12-15(11-18(23)21(20)27-4-2)10-17(13-24)22-25-19(14-28-22)16-8-6-5-7-9-16/h5-12,14H,3-4H2,1-2H3/b17-10-. The third-order valence-corrected chi connectivity index (χ3v) is 5.32. The molecule has 3 aromatic rings. The number of nitriles is 1. The molecule has 0 saturated heterocycles. The minimum absolute atomic E-state index is 0.505. The van der Waals surface area contributed by atoms with E-state index < -0.39 is 0 Å². The second-order valence-corrected chi connectivity index (χ2v) is 7.48. The Hall–Kier alpha value is -2.62. The summed E-state index contributed by atoms with van der Waals surface area (Å²) >= 11 is 5.00. The maximum atomic E-state index is 9.68. The Kier molecular flexibility index (Phi) is 6.85. The van der Waals surface area contributed by atoms with E-state index in [-0.39, 0.29) is 0 Å². The minimum atomic E-state index is 0.505. The SMILES string of the molecule is CCOc1cc(/C=C(/C#N)c2nc(-c3ccccc3)cs2)cc(Br)c1OCC. The fourth-order valence-corrected chi connectivity index (χ4v) is 4.03. The molecule has 3 rings (SSSR count). The monoisotopic (exact) mass is 454 g/mol. The summed E-state index contributed by atoms with van der Waals surface area (Å²) in [6.07, 6.45) is 1.82. The molecule has 28 heavy (non-hydrogen) atoms. The number of hydrogen-bond acceptors (Lipinski definition) is 5. The zero-order valence-corrected chi connectivity index (χ0v) is 18.0. The van der Waals surface area contributed by atoms with Crippen molar-refractivity contribution in [3.05, 3.63) is 62.9 Å². The first-order valence-corrected chi connectivity index (χ1v) is 10.6. The molecule has 0 bridgehead atoms. The minimum Gasteiger partial charge on any atom is -0.490 e. The van der Waals surface area contributed by atoms with Crippen LogP contribution in [0, 0.1) is 11.3 Å². The van der Waals surface area contributed by atoms with Gasteiger partial charge in [0.1, 0.15) is 11.1 Å². The topological polar surface area (TPSA) is 55.1 Å². The van der Waals surface area contributed by atoms with Crippen LogP contribution in [0.25, 0.3) is 22.9 Å². The highest BCUT2D eigenvalue weighted by molar-refractivity contribution is 9.10. The van der Waals surface area contributed by atoms with E-state index in [9.17, 15) is 5.26 Å². The predicted molar refractivity (Wildman–Crippen MR) is 118 cm³/mol. The van der Waals surface area contributed by atoms with Gasteiger partial charge < -0.3 is 9.47 Å². The van der Waals surface area contributed by atoms with Crippen LogP contribution in [-0.4, -0.2) is 18.2 Å². The molecule has 0 radical (unpaired) electrons. The van der Waals surface area contributed by atoms with E-state index in [2.05, 4.69) is 27.0 Å². The van der Waals surface area contributed by atoms with Crippen molar-refractivity contribution in [3.63, 3.8) is 0 Å². The van der Waals surface area contributed by atoms with Crippen LogP contribution < -0.4 is 9.47 Å². The Morgan fingerprint density at radius 1 is 1.18 bits per heavy atom. The number of aromatic nitrogens is 1. The number of allylic oxidation sites excluding steroid dienone is 1. The third-order valence-electron chi connectivity index (χ3n) is 3.86. The lowest BCUT2D eigenvalue weighted by Gasteiger charge is -2.13. The Labute approximate surface area is 177 Å². The lowest BCUT2D eigenvalue weighted by Crippen LogP contribution is -1.99. The second kappa shape index (κ2) is 9.54. The zero-order chi connectivity index (χ0) is 19.9. The van der Waals surface area contributed by atoms with Crippen LogP contribution in [0.3, 0.4) is 0 Å². The summed E-state index contributed by atoms with van der Waals surface area (Å²) in [5.74, 6) is 1.31. The van der Waals surface area contributed by atoms with Crippen LogP contribution >= 0.6 is 27.3 Å². The summed E-state index contributed by atoms with van der Waals surface area (Å²) < 4.78 is 12.2. The molecular formula is C22H19BrN2O2S. The summed E-state index contributed by atoms with van der Waals surface area (Å²) in [7, 11) is 0. The highest BCUT2D eigenvalue weighted by atomic mass is 79.9. The van der Waals surface area contributed by atoms with E-state index in [4.69, 9.17) is 9.47 Å². The molecule has 6 heteroatoms. The van der Waals surface area contributed by atoms with E-state index in [0.29, 0.717) is 35.3 Å². The molecule has 0 unspecified atom stereocenters.